The molecular weight excluding hydrogens is 440 g/mol. The van der Waals surface area contributed by atoms with Crippen molar-refractivity contribution in [1.82, 2.24) is 0 Å². The number of methoxy groups -OCH3 is 4. The van der Waals surface area contributed by atoms with Crippen LogP contribution in [0.4, 0.5) is 0 Å². The van der Waals surface area contributed by atoms with Gasteiger partial charge in [0.1, 0.15) is 23.0 Å². The number of esters is 2. The van der Waals surface area contributed by atoms with E-state index in [2.05, 4.69) is 9.47 Å². The Morgan fingerprint density at radius 3 is 1.38 bits per heavy atom. The van der Waals surface area contributed by atoms with Crippen LogP contribution in [0, 0.1) is 0 Å². The van der Waals surface area contributed by atoms with Crippen LogP contribution in [0.1, 0.15) is 25.7 Å². The Kier molecular flexibility index (Phi) is 8.79. The summed E-state index contributed by atoms with van der Waals surface area (Å²) in [6.45, 7) is 0.786. The number of hydrogen-bond acceptors (Lipinski definition) is 8. The molecule has 8 heteroatoms. The van der Waals surface area contributed by atoms with E-state index in [-0.39, 0.29) is 11.9 Å². The molecule has 0 aliphatic carbocycles. The Bertz CT molecular complexity index is 1060. The van der Waals surface area contributed by atoms with E-state index in [1.54, 1.807) is 14.2 Å². The second-order valence-corrected chi connectivity index (χ2v) is 7.54. The summed E-state index contributed by atoms with van der Waals surface area (Å²) in [7, 11) is 6.00. The van der Waals surface area contributed by atoms with Crippen LogP contribution in [-0.2, 0) is 19.1 Å². The number of fused-ring (bicyclic) bond motifs is 2. The summed E-state index contributed by atoms with van der Waals surface area (Å²) in [6.07, 6.45) is 1.73. The standard InChI is InChI=1S/C26H30O8/c1-29-23(27)7-5-13-33-17-9-11-19-21(15-17)25(31-3)20-12-10-18(16-22(20)26(19)32-4)34-14-6-8-24(28)30-2/h9-12,15-16H,5-8,13-14H2,1-4H3. The van der Waals surface area contributed by atoms with Crippen LogP contribution >= 0.6 is 0 Å². The van der Waals surface area contributed by atoms with Crippen molar-refractivity contribution in [1.29, 1.82) is 0 Å². The largest absolute Gasteiger partial charge is 0.495 e. The number of carbonyl (C=O) groups is 2. The van der Waals surface area contributed by atoms with Gasteiger partial charge in [0.2, 0.25) is 0 Å². The van der Waals surface area contributed by atoms with Crippen LogP contribution in [0.15, 0.2) is 36.4 Å². The minimum atomic E-state index is -0.258. The van der Waals surface area contributed by atoms with E-state index in [9.17, 15) is 9.59 Å². The minimum absolute atomic E-state index is 0.258. The SMILES string of the molecule is COC(=O)CCCOc1ccc2c(OC)c3cc(OCCCC(=O)OC)ccc3c(OC)c2c1. The molecule has 0 aromatic heterocycles. The maximum atomic E-state index is 11.3. The fourth-order valence-corrected chi connectivity index (χ4v) is 3.75. The third-order valence-corrected chi connectivity index (χ3v) is 5.41. The molecule has 0 unspecified atom stereocenters. The quantitative estimate of drug-likeness (QED) is 0.214. The van der Waals surface area contributed by atoms with Gasteiger partial charge in [-0.1, -0.05) is 0 Å². The highest BCUT2D eigenvalue weighted by Gasteiger charge is 2.17. The van der Waals surface area contributed by atoms with E-state index in [4.69, 9.17) is 18.9 Å². The van der Waals surface area contributed by atoms with Crippen molar-refractivity contribution in [3.05, 3.63) is 36.4 Å². The molecule has 0 aliphatic heterocycles. The summed E-state index contributed by atoms with van der Waals surface area (Å²) in [5.74, 6) is 2.22. The van der Waals surface area contributed by atoms with Crippen molar-refractivity contribution >= 4 is 33.5 Å². The minimum Gasteiger partial charge on any atom is -0.495 e. The molecule has 0 heterocycles. The van der Waals surface area contributed by atoms with E-state index in [0.29, 0.717) is 61.9 Å². The van der Waals surface area contributed by atoms with Crippen molar-refractivity contribution in [2.24, 2.45) is 0 Å². The molecule has 0 spiro atoms. The van der Waals surface area contributed by atoms with E-state index >= 15 is 0 Å². The maximum Gasteiger partial charge on any atom is 0.305 e. The third-order valence-electron chi connectivity index (χ3n) is 5.41. The smallest absolute Gasteiger partial charge is 0.305 e. The zero-order chi connectivity index (χ0) is 24.5. The molecule has 3 rings (SSSR count). The van der Waals surface area contributed by atoms with Crippen molar-refractivity contribution in [3.8, 4) is 23.0 Å². The number of carbonyl (C=O) groups excluding carboxylic acids is 2. The molecular formula is C26H30O8. The van der Waals surface area contributed by atoms with Crippen LogP contribution in [-0.4, -0.2) is 53.6 Å². The molecule has 8 nitrogen and oxygen atoms in total. The monoisotopic (exact) mass is 470 g/mol. The van der Waals surface area contributed by atoms with Gasteiger partial charge in [0.15, 0.2) is 0 Å². The lowest BCUT2D eigenvalue weighted by Crippen LogP contribution is -2.04. The van der Waals surface area contributed by atoms with Crippen LogP contribution in [0.3, 0.4) is 0 Å². The van der Waals surface area contributed by atoms with Gasteiger partial charge in [-0.2, -0.15) is 0 Å². The summed E-state index contributed by atoms with van der Waals surface area (Å²) in [5.41, 5.74) is 0. The molecule has 182 valence electrons. The van der Waals surface area contributed by atoms with E-state index < -0.39 is 0 Å². The molecule has 0 aliphatic rings. The highest BCUT2D eigenvalue weighted by molar-refractivity contribution is 6.11. The van der Waals surface area contributed by atoms with Gasteiger partial charge in [0, 0.05) is 34.4 Å². The first-order valence-electron chi connectivity index (χ1n) is 11.0. The van der Waals surface area contributed by atoms with Crippen molar-refractivity contribution < 1.29 is 38.0 Å². The Morgan fingerprint density at radius 2 is 1.03 bits per heavy atom. The second-order valence-electron chi connectivity index (χ2n) is 7.54. The molecule has 0 N–H and O–H groups in total. The van der Waals surface area contributed by atoms with Crippen LogP contribution in [0.2, 0.25) is 0 Å². The van der Waals surface area contributed by atoms with Crippen molar-refractivity contribution in [3.63, 3.8) is 0 Å². The molecule has 0 amide bonds. The first-order chi connectivity index (χ1) is 16.5. The molecule has 0 radical (unpaired) electrons. The summed E-state index contributed by atoms with van der Waals surface area (Å²) < 4.78 is 32.5. The highest BCUT2D eigenvalue weighted by atomic mass is 16.5. The highest BCUT2D eigenvalue weighted by Crippen LogP contribution is 2.44. The third kappa shape index (κ3) is 5.81. The lowest BCUT2D eigenvalue weighted by Gasteiger charge is -2.17. The van der Waals surface area contributed by atoms with Crippen LogP contribution < -0.4 is 18.9 Å². The summed E-state index contributed by atoms with van der Waals surface area (Å²) in [6, 6.07) is 11.4. The molecule has 3 aromatic rings. The molecule has 3 aromatic carbocycles. The summed E-state index contributed by atoms with van der Waals surface area (Å²) in [5, 5.41) is 3.45. The van der Waals surface area contributed by atoms with Gasteiger partial charge >= 0.3 is 11.9 Å². The lowest BCUT2D eigenvalue weighted by atomic mass is 10.00. The van der Waals surface area contributed by atoms with Crippen molar-refractivity contribution in [2.45, 2.75) is 25.7 Å². The van der Waals surface area contributed by atoms with E-state index in [1.807, 2.05) is 36.4 Å². The first kappa shape index (κ1) is 25.0. The molecule has 0 saturated heterocycles. The first-order valence-corrected chi connectivity index (χ1v) is 11.0. The Labute approximate surface area is 198 Å². The van der Waals surface area contributed by atoms with Gasteiger partial charge < -0.3 is 28.4 Å². The molecule has 34 heavy (non-hydrogen) atoms. The topological polar surface area (TPSA) is 89.5 Å². The molecule has 0 atom stereocenters. The average Bonchev–Trinajstić information content (AvgIpc) is 2.87. The molecule has 0 saturated carbocycles. The molecule has 0 fully saturated rings. The van der Waals surface area contributed by atoms with Gasteiger partial charge in [0.25, 0.3) is 0 Å². The summed E-state index contributed by atoms with van der Waals surface area (Å²) in [4.78, 5) is 22.6. The predicted octanol–water partition coefficient (Wildman–Crippen LogP) is 4.67. The van der Waals surface area contributed by atoms with Crippen LogP contribution in [0.25, 0.3) is 21.5 Å². The number of ether oxygens (including phenoxy) is 6. The van der Waals surface area contributed by atoms with Crippen LogP contribution in [0.5, 0.6) is 23.0 Å². The van der Waals surface area contributed by atoms with E-state index in [1.165, 1.54) is 14.2 Å². The molecule has 0 bridgehead atoms. The summed E-state index contributed by atoms with van der Waals surface area (Å²) >= 11 is 0. The predicted molar refractivity (Wildman–Crippen MR) is 128 cm³/mol. The van der Waals surface area contributed by atoms with Gasteiger partial charge in [-0.15, -0.1) is 0 Å². The zero-order valence-corrected chi connectivity index (χ0v) is 20.0. The van der Waals surface area contributed by atoms with E-state index in [0.717, 1.165) is 21.5 Å². The van der Waals surface area contributed by atoms with Gasteiger partial charge in [-0.25, -0.2) is 0 Å². The average molecular weight is 471 g/mol. The normalized spacial score (nSPS) is 10.7. The van der Waals surface area contributed by atoms with Gasteiger partial charge in [-0.3, -0.25) is 9.59 Å². The van der Waals surface area contributed by atoms with Crippen molar-refractivity contribution in [2.75, 3.05) is 41.7 Å². The Balaban J connectivity index is 1.88. The Hall–Kier alpha value is -3.68. The number of rotatable bonds is 12. The fourth-order valence-electron chi connectivity index (χ4n) is 3.75. The second kappa shape index (κ2) is 12.0. The maximum absolute atomic E-state index is 11.3. The number of benzene rings is 3. The lowest BCUT2D eigenvalue weighted by molar-refractivity contribution is -0.141. The van der Waals surface area contributed by atoms with Gasteiger partial charge in [0.05, 0.1) is 41.7 Å². The van der Waals surface area contributed by atoms with Gasteiger partial charge in [-0.05, 0) is 49.2 Å². The Morgan fingerprint density at radius 1 is 0.618 bits per heavy atom. The number of hydrogen-bond donors (Lipinski definition) is 0. The zero-order valence-electron chi connectivity index (χ0n) is 20.0. The fraction of sp³-hybridized carbons (Fsp3) is 0.385.